The molecule has 2 rings (SSSR count). The van der Waals surface area contributed by atoms with Gasteiger partial charge in [0.05, 0.1) is 29.3 Å². The molecule has 0 unspecified atom stereocenters. The zero-order valence-electron chi connectivity index (χ0n) is 16.5. The fourth-order valence-corrected chi connectivity index (χ4v) is 3.66. The Balaban J connectivity index is 1.60. The monoisotopic (exact) mass is 463 g/mol. The molecule has 0 saturated heterocycles. The van der Waals surface area contributed by atoms with Gasteiger partial charge in [-0.2, -0.15) is 0 Å². The van der Waals surface area contributed by atoms with Crippen LogP contribution in [0.15, 0.2) is 64.0 Å². The van der Waals surface area contributed by atoms with Crippen LogP contribution in [0.3, 0.4) is 0 Å². The number of ether oxygens (including phenoxy) is 2. The zero-order valence-corrected chi connectivity index (χ0v) is 18.1. The highest BCUT2D eigenvalue weighted by atomic mass is 32.2. The number of nitrogens with zero attached hydrogens (tertiary/aromatic N) is 3. The van der Waals surface area contributed by atoms with Crippen LogP contribution in [0.2, 0.25) is 0 Å². The summed E-state index contributed by atoms with van der Waals surface area (Å²) in [6.07, 6.45) is 2.96. The van der Waals surface area contributed by atoms with Crippen molar-refractivity contribution >= 4 is 47.3 Å². The molecule has 0 spiro atoms. The highest BCUT2D eigenvalue weighted by Gasteiger charge is 2.15. The van der Waals surface area contributed by atoms with E-state index >= 15 is 0 Å². The highest BCUT2D eigenvalue weighted by Crippen LogP contribution is 2.16. The number of hydrogen-bond acceptors (Lipinski definition) is 11. The molecule has 2 aromatic heterocycles. The number of aromatic nitrogens is 2. The second kappa shape index (κ2) is 14.1. The molecule has 11 heteroatoms. The molecule has 31 heavy (non-hydrogen) atoms. The molecular weight excluding hydrogens is 442 g/mol. The second-order valence-corrected chi connectivity index (χ2v) is 8.08. The van der Waals surface area contributed by atoms with E-state index in [2.05, 4.69) is 15.1 Å². The normalized spacial score (nSPS) is 11.0. The van der Waals surface area contributed by atoms with Crippen LogP contribution < -0.4 is 0 Å². The molecule has 0 radical (unpaired) electrons. The van der Waals surface area contributed by atoms with Crippen molar-refractivity contribution < 1.29 is 29.1 Å². The molecule has 164 valence electrons. The van der Waals surface area contributed by atoms with Gasteiger partial charge in [0.25, 0.3) is 0 Å². The Labute approximate surface area is 187 Å². The summed E-state index contributed by atoms with van der Waals surface area (Å²) in [4.78, 5) is 43.6. The summed E-state index contributed by atoms with van der Waals surface area (Å²) in [6.45, 7) is 0. The van der Waals surface area contributed by atoms with Crippen molar-refractivity contribution in [3.05, 3.63) is 48.8 Å². The summed E-state index contributed by atoms with van der Waals surface area (Å²) < 4.78 is 9.63. The van der Waals surface area contributed by atoms with Gasteiger partial charge in [0.1, 0.15) is 0 Å². The summed E-state index contributed by atoms with van der Waals surface area (Å²) in [5.74, 6) is -1.53. The second-order valence-electron chi connectivity index (χ2n) is 5.85. The maximum Gasteiger partial charge on any atom is 0.314 e. The van der Waals surface area contributed by atoms with Gasteiger partial charge in [-0.1, -0.05) is 17.3 Å². The first-order valence-corrected chi connectivity index (χ1v) is 11.3. The predicted octanol–water partition coefficient (Wildman–Crippen LogP) is 3.32. The minimum Gasteiger partial charge on any atom is -0.408 e. The largest absolute Gasteiger partial charge is 0.408 e. The van der Waals surface area contributed by atoms with E-state index in [-0.39, 0.29) is 31.6 Å². The van der Waals surface area contributed by atoms with Crippen molar-refractivity contribution in [1.29, 1.82) is 0 Å². The number of carbonyl (C=O) groups is 3. The topological polar surface area (TPSA) is 128 Å². The van der Waals surface area contributed by atoms with Crippen LogP contribution in [-0.4, -0.2) is 50.5 Å². The summed E-state index contributed by atoms with van der Waals surface area (Å²) in [6, 6.07) is 10.9. The molecule has 0 amide bonds. The molecule has 2 aromatic rings. The highest BCUT2D eigenvalue weighted by molar-refractivity contribution is 7.99. The van der Waals surface area contributed by atoms with Gasteiger partial charge in [0.2, 0.25) is 5.90 Å². The Kier molecular flexibility index (Phi) is 11.1. The Morgan fingerprint density at radius 2 is 1.29 bits per heavy atom. The zero-order chi connectivity index (χ0) is 22.3. The fraction of sp³-hybridized carbons (Fsp3) is 0.300. The van der Waals surface area contributed by atoms with E-state index in [0.29, 0.717) is 11.5 Å². The van der Waals surface area contributed by atoms with E-state index in [0.717, 1.165) is 10.1 Å². The third-order valence-electron chi connectivity index (χ3n) is 3.50. The molecule has 0 atom stereocenters. The summed E-state index contributed by atoms with van der Waals surface area (Å²) in [5.41, 5.74) is 0. The van der Waals surface area contributed by atoms with Gasteiger partial charge in [-0.15, -0.1) is 23.5 Å². The number of thioether (sulfide) groups is 2. The number of carbonyl (C=O) groups excluding carboxylic acids is 3. The Bertz CT molecular complexity index is 881. The van der Waals surface area contributed by atoms with Crippen LogP contribution in [0.25, 0.3) is 0 Å². The summed E-state index contributed by atoms with van der Waals surface area (Å²) >= 11 is 2.75. The van der Waals surface area contributed by atoms with Gasteiger partial charge in [-0.05, 0) is 24.3 Å². The average molecular weight is 464 g/mol. The van der Waals surface area contributed by atoms with Gasteiger partial charge in [-0.25, -0.2) is 9.97 Å². The lowest BCUT2D eigenvalue weighted by Crippen LogP contribution is -2.17. The molecule has 0 bridgehead atoms. The number of esters is 3. The molecule has 0 fully saturated rings. The molecule has 9 nitrogen and oxygen atoms in total. The van der Waals surface area contributed by atoms with E-state index in [1.54, 1.807) is 24.5 Å². The Morgan fingerprint density at radius 3 is 1.77 bits per heavy atom. The average Bonchev–Trinajstić information content (AvgIpc) is 2.78. The fourth-order valence-electron chi connectivity index (χ4n) is 2.08. The molecule has 1 N–H and O–H groups in total. The van der Waals surface area contributed by atoms with Crippen LogP contribution in [-0.2, 0) is 23.9 Å². The smallest absolute Gasteiger partial charge is 0.314 e. The first-order chi connectivity index (χ1) is 15.1. The van der Waals surface area contributed by atoms with Crippen LogP contribution in [0.5, 0.6) is 0 Å². The van der Waals surface area contributed by atoms with Gasteiger partial charge in [-0.3, -0.25) is 14.4 Å². The van der Waals surface area contributed by atoms with Crippen LogP contribution >= 0.6 is 23.5 Å². The summed E-state index contributed by atoms with van der Waals surface area (Å²) in [5, 5.41) is 13.4. The van der Waals surface area contributed by atoms with Gasteiger partial charge >= 0.3 is 17.9 Å². The number of rotatable bonds is 11. The molecule has 0 aromatic carbocycles. The number of hydrogen-bond donors (Lipinski definition) is 1. The Morgan fingerprint density at radius 1 is 0.774 bits per heavy atom. The van der Waals surface area contributed by atoms with E-state index in [1.807, 2.05) is 24.3 Å². The minimum absolute atomic E-state index is 0.0385. The van der Waals surface area contributed by atoms with Crippen molar-refractivity contribution in [2.24, 2.45) is 5.16 Å². The standard InChI is InChI=1S/C20H21N3O6S2/c24-18(29-20(26)10-14-31-17-6-2-4-12-22-17)8-7-15(23-27)28-19(25)9-13-30-16-5-1-3-11-21-16/h1-6,11-12,27H,7-10,13-14H2/b23-15-. The molecule has 0 saturated carbocycles. The molecule has 2 heterocycles. The lowest BCUT2D eigenvalue weighted by atomic mass is 10.3. The quantitative estimate of drug-likeness (QED) is 0.101. The van der Waals surface area contributed by atoms with E-state index in [4.69, 9.17) is 14.7 Å². The van der Waals surface area contributed by atoms with Crippen LogP contribution in [0, 0.1) is 0 Å². The third-order valence-corrected chi connectivity index (χ3v) is 5.39. The molecule has 0 aliphatic rings. The maximum absolute atomic E-state index is 11.8. The predicted molar refractivity (Wildman–Crippen MR) is 115 cm³/mol. The SMILES string of the molecule is O=C(CCSc1ccccn1)OC(=O)CC/C(=N/O)OC(=O)CCSc1ccccn1. The minimum atomic E-state index is -0.796. The van der Waals surface area contributed by atoms with Crippen molar-refractivity contribution in [3.63, 3.8) is 0 Å². The van der Waals surface area contributed by atoms with Crippen LogP contribution in [0.1, 0.15) is 25.7 Å². The lowest BCUT2D eigenvalue weighted by molar-refractivity contribution is -0.159. The van der Waals surface area contributed by atoms with Gasteiger partial charge in [0, 0.05) is 30.3 Å². The van der Waals surface area contributed by atoms with E-state index < -0.39 is 17.9 Å². The maximum atomic E-state index is 11.8. The van der Waals surface area contributed by atoms with Crippen molar-refractivity contribution in [1.82, 2.24) is 9.97 Å². The molecular formula is C20H21N3O6S2. The van der Waals surface area contributed by atoms with Gasteiger partial charge < -0.3 is 14.7 Å². The number of pyridine rings is 2. The van der Waals surface area contributed by atoms with Gasteiger partial charge in [0.15, 0.2) is 0 Å². The Hall–Kier alpha value is -2.92. The summed E-state index contributed by atoms with van der Waals surface area (Å²) in [7, 11) is 0. The van der Waals surface area contributed by atoms with E-state index in [9.17, 15) is 14.4 Å². The first-order valence-electron chi connectivity index (χ1n) is 9.29. The lowest BCUT2D eigenvalue weighted by Gasteiger charge is -2.06. The third kappa shape index (κ3) is 10.6. The van der Waals surface area contributed by atoms with Crippen molar-refractivity contribution in [2.45, 2.75) is 35.7 Å². The van der Waals surface area contributed by atoms with Crippen molar-refractivity contribution in [3.8, 4) is 0 Å². The number of oxime groups is 1. The van der Waals surface area contributed by atoms with Crippen LogP contribution in [0.4, 0.5) is 0 Å². The first kappa shape index (κ1) is 24.4. The molecule has 0 aliphatic carbocycles. The van der Waals surface area contributed by atoms with E-state index in [1.165, 1.54) is 23.5 Å². The van der Waals surface area contributed by atoms with Crippen molar-refractivity contribution in [2.75, 3.05) is 11.5 Å². The molecule has 0 aliphatic heterocycles.